The molecule has 0 aliphatic heterocycles. The van der Waals surface area contributed by atoms with Crippen molar-refractivity contribution in [1.29, 1.82) is 0 Å². The van der Waals surface area contributed by atoms with Crippen molar-refractivity contribution in [2.45, 2.75) is 41.5 Å². The molecule has 0 radical (unpaired) electrons. The maximum absolute atomic E-state index is 2.26. The number of benzene rings is 2. The van der Waals surface area contributed by atoms with Crippen LogP contribution in [0.2, 0.25) is 0 Å². The Kier molecular flexibility index (Phi) is 6.41. The summed E-state index contributed by atoms with van der Waals surface area (Å²) in [5.74, 6) is 0. The predicted octanol–water partition coefficient (Wildman–Crippen LogP) is 7.08. The molecular formula is C24H27Y. The Balaban J connectivity index is 0.000000241. The third-order valence-corrected chi connectivity index (χ3v) is 4.93. The van der Waals surface area contributed by atoms with Crippen LogP contribution in [0.1, 0.15) is 34.8 Å². The summed E-state index contributed by atoms with van der Waals surface area (Å²) in [5.41, 5.74) is 8.24. The molecule has 25 heavy (non-hydrogen) atoms. The molecule has 4 rings (SSSR count). The minimum atomic E-state index is 0. The molecular weight excluding hydrogens is 377 g/mol. The largest absolute Gasteiger partial charge is 3.00 e. The number of aryl methyl sites for hydroxylation is 6. The molecule has 0 spiro atoms. The molecule has 0 unspecified atom stereocenters. The van der Waals surface area contributed by atoms with Crippen LogP contribution in [-0.4, -0.2) is 0 Å². The Morgan fingerprint density at radius 1 is 0.560 bits per heavy atom. The van der Waals surface area contributed by atoms with E-state index in [1.54, 1.807) is 0 Å². The van der Waals surface area contributed by atoms with E-state index in [2.05, 4.69) is 90.1 Å². The standard InChI is InChI=1S/2C12H13.Y.H/c2*1-8-6-11-9(2)4-5-10(3)12(11)7-8;;/h2*4-7H,1-3H3;;/q2*-1;+3;-1. The molecule has 0 saturated heterocycles. The van der Waals surface area contributed by atoms with Crippen LogP contribution >= 0.6 is 0 Å². The van der Waals surface area contributed by atoms with E-state index >= 15 is 0 Å². The number of rotatable bonds is 0. The zero-order chi connectivity index (χ0) is 17.4. The molecule has 0 aliphatic rings. The molecule has 1 heteroatoms. The van der Waals surface area contributed by atoms with Gasteiger partial charge in [-0.3, -0.25) is 0 Å². The average molecular weight is 404 g/mol. The second kappa shape index (κ2) is 7.98. The summed E-state index contributed by atoms with van der Waals surface area (Å²) < 4.78 is 0. The van der Waals surface area contributed by atoms with Crippen molar-refractivity contribution < 1.29 is 34.1 Å². The first kappa shape index (κ1) is 20.1. The first-order chi connectivity index (χ1) is 11.4. The van der Waals surface area contributed by atoms with Crippen molar-refractivity contribution in [3.8, 4) is 0 Å². The van der Waals surface area contributed by atoms with Gasteiger partial charge in [-0.2, -0.15) is 12.1 Å². The maximum Gasteiger partial charge on any atom is 3.00 e. The van der Waals surface area contributed by atoms with Gasteiger partial charge in [0.1, 0.15) is 0 Å². The maximum atomic E-state index is 2.26. The topological polar surface area (TPSA) is 0 Å². The van der Waals surface area contributed by atoms with Crippen LogP contribution in [0.3, 0.4) is 0 Å². The zero-order valence-electron chi connectivity index (χ0n) is 17.2. The van der Waals surface area contributed by atoms with Gasteiger partial charge < -0.3 is 1.43 Å². The zero-order valence-corrected chi connectivity index (χ0v) is 19.0. The summed E-state index contributed by atoms with van der Waals surface area (Å²) in [7, 11) is 0. The Morgan fingerprint density at radius 2 is 0.880 bits per heavy atom. The Hall–Kier alpha value is -1.24. The molecule has 0 fully saturated rings. The molecule has 0 atom stereocenters. The van der Waals surface area contributed by atoms with Crippen molar-refractivity contribution in [2.24, 2.45) is 0 Å². The summed E-state index contributed by atoms with van der Waals surface area (Å²) in [4.78, 5) is 0. The SMILES string of the molecule is Cc1cc2c(C)ccc(C)c2[cH-]1.Cc1cc2c(C)ccc(C)c2[cH-]1.[H-].[Y+3]. The second-order valence-corrected chi connectivity index (χ2v) is 7.12. The summed E-state index contributed by atoms with van der Waals surface area (Å²) >= 11 is 0. The van der Waals surface area contributed by atoms with Crippen LogP contribution in [-0.2, 0) is 32.7 Å². The monoisotopic (exact) mass is 404 g/mol. The molecule has 0 bridgehead atoms. The van der Waals surface area contributed by atoms with Crippen LogP contribution in [0.4, 0.5) is 0 Å². The summed E-state index contributed by atoms with van der Waals surface area (Å²) in [5, 5.41) is 5.64. The quantitative estimate of drug-likeness (QED) is 0.275. The number of hydrogen-bond acceptors (Lipinski definition) is 0. The van der Waals surface area contributed by atoms with Crippen LogP contribution in [0.25, 0.3) is 21.5 Å². The summed E-state index contributed by atoms with van der Waals surface area (Å²) in [6.45, 7) is 13.0. The summed E-state index contributed by atoms with van der Waals surface area (Å²) in [6.07, 6.45) is 0. The third-order valence-electron chi connectivity index (χ3n) is 4.93. The number of fused-ring (bicyclic) bond motifs is 2. The molecule has 0 aliphatic carbocycles. The van der Waals surface area contributed by atoms with Gasteiger partial charge in [0.05, 0.1) is 0 Å². The molecule has 4 aromatic rings. The molecule has 0 nitrogen and oxygen atoms in total. The van der Waals surface area contributed by atoms with Crippen LogP contribution in [0.15, 0.2) is 48.5 Å². The van der Waals surface area contributed by atoms with Gasteiger partial charge in [0.2, 0.25) is 0 Å². The third kappa shape index (κ3) is 4.13. The molecule has 0 aromatic heterocycles. The molecule has 0 N–H and O–H groups in total. The van der Waals surface area contributed by atoms with Gasteiger partial charge >= 0.3 is 32.7 Å². The Labute approximate surface area is 178 Å². The molecule has 0 amide bonds. The first-order valence-corrected chi connectivity index (χ1v) is 8.63. The van der Waals surface area contributed by atoms with Crippen molar-refractivity contribution in [2.75, 3.05) is 0 Å². The van der Waals surface area contributed by atoms with Gasteiger partial charge in [-0.15, -0.1) is 68.1 Å². The second-order valence-electron chi connectivity index (χ2n) is 7.12. The van der Waals surface area contributed by atoms with E-state index < -0.39 is 0 Å². The van der Waals surface area contributed by atoms with E-state index in [9.17, 15) is 0 Å². The molecule has 4 aromatic carbocycles. The fourth-order valence-corrected chi connectivity index (χ4v) is 3.47. The van der Waals surface area contributed by atoms with Gasteiger partial charge in [0.15, 0.2) is 0 Å². The van der Waals surface area contributed by atoms with E-state index in [1.165, 1.54) is 54.9 Å². The van der Waals surface area contributed by atoms with Crippen molar-refractivity contribution in [1.82, 2.24) is 0 Å². The Morgan fingerprint density at radius 3 is 1.20 bits per heavy atom. The Bertz CT molecular complexity index is 856. The van der Waals surface area contributed by atoms with Crippen molar-refractivity contribution in [3.63, 3.8) is 0 Å². The number of hydrogen-bond donors (Lipinski definition) is 0. The van der Waals surface area contributed by atoms with Gasteiger partial charge in [0, 0.05) is 0 Å². The van der Waals surface area contributed by atoms with Gasteiger partial charge in [-0.25, -0.2) is 0 Å². The van der Waals surface area contributed by atoms with Gasteiger partial charge in [0.25, 0.3) is 0 Å². The van der Waals surface area contributed by atoms with E-state index in [0.29, 0.717) is 0 Å². The smallest absolute Gasteiger partial charge is 1.00 e. The minimum absolute atomic E-state index is 0. The summed E-state index contributed by atoms with van der Waals surface area (Å²) in [6, 6.07) is 17.8. The van der Waals surface area contributed by atoms with Crippen LogP contribution in [0, 0.1) is 41.5 Å². The van der Waals surface area contributed by atoms with Crippen LogP contribution < -0.4 is 0 Å². The van der Waals surface area contributed by atoms with Gasteiger partial charge in [-0.05, 0) is 13.8 Å². The predicted molar refractivity (Wildman–Crippen MR) is 109 cm³/mol. The van der Waals surface area contributed by atoms with Crippen molar-refractivity contribution >= 4 is 21.5 Å². The fourth-order valence-electron chi connectivity index (χ4n) is 3.47. The first-order valence-electron chi connectivity index (χ1n) is 8.63. The van der Waals surface area contributed by atoms with Gasteiger partial charge in [-0.1, -0.05) is 51.0 Å². The molecule has 126 valence electrons. The minimum Gasteiger partial charge on any atom is -1.00 e. The van der Waals surface area contributed by atoms with Crippen LogP contribution in [0.5, 0.6) is 0 Å². The van der Waals surface area contributed by atoms with Crippen molar-refractivity contribution in [3.05, 3.63) is 81.9 Å². The normalized spacial score (nSPS) is 10.5. The fraction of sp³-hybridized carbons (Fsp3) is 0.250. The molecule has 0 heterocycles. The molecule has 0 saturated carbocycles. The van der Waals surface area contributed by atoms with E-state index in [-0.39, 0.29) is 34.1 Å². The average Bonchev–Trinajstić information content (AvgIpc) is 3.12. The van der Waals surface area contributed by atoms with E-state index in [4.69, 9.17) is 0 Å². The van der Waals surface area contributed by atoms with E-state index in [1.807, 2.05) is 0 Å². The van der Waals surface area contributed by atoms with E-state index in [0.717, 1.165) is 0 Å².